The summed E-state index contributed by atoms with van der Waals surface area (Å²) in [6.07, 6.45) is 1.04. The molecule has 3 unspecified atom stereocenters. The lowest BCUT2D eigenvalue weighted by Gasteiger charge is -2.33. The van der Waals surface area contributed by atoms with Crippen LogP contribution in [0.4, 0.5) is 0 Å². The number of likely N-dealkylation sites (N-methyl/N-ethyl adjacent to an activating group) is 1. The maximum atomic E-state index is 13.8. The van der Waals surface area contributed by atoms with Gasteiger partial charge < -0.3 is 24.7 Å². The highest BCUT2D eigenvalue weighted by molar-refractivity contribution is 5.89. The molecule has 0 saturated carbocycles. The summed E-state index contributed by atoms with van der Waals surface area (Å²) in [6.45, 7) is 6.71. The average Bonchev–Trinajstić information content (AvgIpc) is 3.01. The maximum Gasteiger partial charge on any atom is 0.250 e. The summed E-state index contributed by atoms with van der Waals surface area (Å²) in [6, 6.07) is 18.1. The summed E-state index contributed by atoms with van der Waals surface area (Å²) >= 11 is 0. The molecule has 0 spiro atoms. The highest BCUT2D eigenvalue weighted by Crippen LogP contribution is 2.24. The SMILES string of the molecule is CNC(=O)C(NC(=O)C(CCCCOCc1ccccc1)C(CONO)OCc1ccc2c(ccc(=O)n2C)c1)C(C)(C)C. The van der Waals surface area contributed by atoms with Gasteiger partial charge in [0.05, 0.1) is 37.4 Å². The smallest absolute Gasteiger partial charge is 0.250 e. The van der Waals surface area contributed by atoms with Crippen LogP contribution in [0.15, 0.2) is 65.5 Å². The van der Waals surface area contributed by atoms with Crippen molar-refractivity contribution in [2.75, 3.05) is 20.3 Å². The van der Waals surface area contributed by atoms with Crippen molar-refractivity contribution in [2.45, 2.75) is 65.4 Å². The highest BCUT2D eigenvalue weighted by Gasteiger charge is 2.36. The molecule has 0 saturated heterocycles. The molecule has 0 radical (unpaired) electrons. The first-order valence-electron chi connectivity index (χ1n) is 14.9. The van der Waals surface area contributed by atoms with E-state index in [1.54, 1.807) is 23.3 Å². The molecule has 2 amide bonds. The third-order valence-electron chi connectivity index (χ3n) is 7.58. The maximum absolute atomic E-state index is 13.8. The normalized spacial score (nSPS) is 13.8. The van der Waals surface area contributed by atoms with Crippen LogP contribution in [0.25, 0.3) is 10.9 Å². The topological polar surface area (TPSA) is 140 Å². The Bertz CT molecular complexity index is 1400. The fraction of sp³-hybridized carbons (Fsp3) is 0.485. The number of benzene rings is 2. The number of nitrogens with one attached hydrogen (secondary N) is 3. The third-order valence-corrected chi connectivity index (χ3v) is 7.58. The summed E-state index contributed by atoms with van der Waals surface area (Å²) in [5, 5.41) is 15.6. The number of hydrogen-bond donors (Lipinski definition) is 4. The molecule has 0 aliphatic heterocycles. The number of aryl methyl sites for hydroxylation is 1. The van der Waals surface area contributed by atoms with Crippen LogP contribution in [-0.2, 0) is 44.2 Å². The molecule has 3 rings (SSSR count). The van der Waals surface area contributed by atoms with Crippen LogP contribution in [0.3, 0.4) is 0 Å². The molecular weight excluding hydrogens is 564 g/mol. The van der Waals surface area contributed by atoms with E-state index in [1.165, 1.54) is 13.1 Å². The van der Waals surface area contributed by atoms with Crippen molar-refractivity contribution < 1.29 is 29.1 Å². The van der Waals surface area contributed by atoms with Crippen molar-refractivity contribution in [1.29, 1.82) is 0 Å². The van der Waals surface area contributed by atoms with Gasteiger partial charge in [-0.25, -0.2) is 0 Å². The Morgan fingerprint density at radius 1 is 0.955 bits per heavy atom. The van der Waals surface area contributed by atoms with Crippen LogP contribution >= 0.6 is 0 Å². The van der Waals surface area contributed by atoms with Gasteiger partial charge in [0.2, 0.25) is 11.8 Å². The van der Waals surface area contributed by atoms with Crippen molar-refractivity contribution >= 4 is 22.7 Å². The molecule has 0 aliphatic rings. The molecule has 1 heterocycles. The fourth-order valence-corrected chi connectivity index (χ4v) is 5.01. The lowest BCUT2D eigenvalue weighted by molar-refractivity contribution is -0.170. The second-order valence-electron chi connectivity index (χ2n) is 11.9. The molecular formula is C33H46N4O7. The van der Waals surface area contributed by atoms with E-state index in [9.17, 15) is 19.6 Å². The zero-order valence-electron chi connectivity index (χ0n) is 26.3. The van der Waals surface area contributed by atoms with Gasteiger partial charge in [-0.2, -0.15) is 0 Å². The number of carbonyl (C=O) groups is 2. The number of ether oxygens (including phenoxy) is 2. The van der Waals surface area contributed by atoms with Gasteiger partial charge in [0.25, 0.3) is 5.56 Å². The van der Waals surface area contributed by atoms with E-state index in [1.807, 2.05) is 69.3 Å². The van der Waals surface area contributed by atoms with Gasteiger partial charge in [-0.15, -0.1) is 0 Å². The molecule has 240 valence electrons. The number of nitrogens with zero attached hydrogens (tertiary/aromatic N) is 1. The Labute approximate surface area is 258 Å². The monoisotopic (exact) mass is 610 g/mol. The fourth-order valence-electron chi connectivity index (χ4n) is 5.01. The molecule has 0 bridgehead atoms. The Balaban J connectivity index is 1.75. The standard InChI is InChI=1S/C33H46N4O7/c1-33(2,3)30(32(40)34-4)35-31(39)26(13-9-10-18-42-20-23-11-7-6-8-12-23)28(22-44-36-41)43-21-24-14-16-27-25(19-24)15-17-29(38)37(27)5/h6-8,11-12,14-17,19,26,28,30,36,41H,9-10,13,18,20-22H2,1-5H3,(H,34,40)(H,35,39). The molecule has 4 N–H and O–H groups in total. The summed E-state index contributed by atoms with van der Waals surface area (Å²) in [7, 11) is 3.25. The van der Waals surface area contributed by atoms with E-state index >= 15 is 0 Å². The molecule has 11 heteroatoms. The predicted octanol–water partition coefficient (Wildman–Crippen LogP) is 3.61. The first-order chi connectivity index (χ1) is 21.0. The van der Waals surface area contributed by atoms with Gasteiger partial charge in [0, 0.05) is 26.8 Å². The number of fused-ring (bicyclic) bond motifs is 1. The number of carbonyl (C=O) groups excluding carboxylic acids is 2. The van der Waals surface area contributed by atoms with Gasteiger partial charge in [-0.05, 0) is 53.0 Å². The Morgan fingerprint density at radius 2 is 1.70 bits per heavy atom. The number of unbranched alkanes of at least 4 members (excludes halogenated alkanes) is 1. The lowest BCUT2D eigenvalue weighted by atomic mass is 9.85. The molecule has 0 fully saturated rings. The van der Waals surface area contributed by atoms with E-state index in [2.05, 4.69) is 10.6 Å². The van der Waals surface area contributed by atoms with Crippen LogP contribution in [0, 0.1) is 11.3 Å². The quantitative estimate of drug-likeness (QED) is 0.134. The van der Waals surface area contributed by atoms with Gasteiger partial charge in [-0.1, -0.05) is 69.2 Å². The van der Waals surface area contributed by atoms with Crippen molar-refractivity contribution in [1.82, 2.24) is 20.8 Å². The summed E-state index contributed by atoms with van der Waals surface area (Å²) in [5.74, 6) is -1.35. The number of rotatable bonds is 17. The van der Waals surface area contributed by atoms with E-state index in [4.69, 9.17) is 14.3 Å². The molecule has 3 aromatic rings. The summed E-state index contributed by atoms with van der Waals surface area (Å²) < 4.78 is 13.7. The first kappa shape index (κ1) is 34.9. The minimum atomic E-state index is -0.777. The van der Waals surface area contributed by atoms with Crippen molar-refractivity contribution in [2.24, 2.45) is 18.4 Å². The number of amides is 2. The van der Waals surface area contributed by atoms with Crippen LogP contribution < -0.4 is 21.8 Å². The van der Waals surface area contributed by atoms with E-state index in [0.29, 0.717) is 32.5 Å². The van der Waals surface area contributed by atoms with Crippen molar-refractivity contribution in [3.8, 4) is 0 Å². The molecule has 2 aromatic carbocycles. The van der Waals surface area contributed by atoms with Crippen LogP contribution in [0.5, 0.6) is 0 Å². The Kier molecular flexibility index (Phi) is 13.5. The minimum Gasteiger partial charge on any atom is -0.377 e. The molecule has 0 aliphatic carbocycles. The zero-order valence-corrected chi connectivity index (χ0v) is 26.3. The van der Waals surface area contributed by atoms with E-state index < -0.39 is 23.5 Å². The second kappa shape index (κ2) is 17.0. The first-order valence-corrected chi connectivity index (χ1v) is 14.9. The summed E-state index contributed by atoms with van der Waals surface area (Å²) in [5.41, 5.74) is 3.76. The number of hydrogen-bond acceptors (Lipinski definition) is 8. The van der Waals surface area contributed by atoms with Crippen molar-refractivity contribution in [3.05, 3.63) is 82.1 Å². The second-order valence-corrected chi connectivity index (χ2v) is 11.9. The minimum absolute atomic E-state index is 0.0974. The van der Waals surface area contributed by atoms with Gasteiger partial charge in [-0.3, -0.25) is 24.4 Å². The van der Waals surface area contributed by atoms with Crippen LogP contribution in [-0.4, -0.2) is 54.0 Å². The van der Waals surface area contributed by atoms with Gasteiger partial charge in [0.15, 0.2) is 0 Å². The van der Waals surface area contributed by atoms with Crippen LogP contribution in [0.1, 0.15) is 51.2 Å². The Morgan fingerprint density at radius 3 is 2.39 bits per heavy atom. The Hall–Kier alpha value is -3.61. The van der Waals surface area contributed by atoms with Gasteiger partial charge in [0.1, 0.15) is 6.04 Å². The molecule has 1 aromatic heterocycles. The summed E-state index contributed by atoms with van der Waals surface area (Å²) in [4.78, 5) is 43.6. The molecule has 3 atom stereocenters. The molecule has 44 heavy (non-hydrogen) atoms. The predicted molar refractivity (Wildman–Crippen MR) is 168 cm³/mol. The molecule has 11 nitrogen and oxygen atoms in total. The van der Waals surface area contributed by atoms with Gasteiger partial charge >= 0.3 is 0 Å². The van der Waals surface area contributed by atoms with E-state index in [0.717, 1.165) is 22.0 Å². The third kappa shape index (κ3) is 10.2. The number of pyridine rings is 1. The van der Waals surface area contributed by atoms with E-state index in [-0.39, 0.29) is 30.6 Å². The zero-order chi connectivity index (χ0) is 32.1. The highest BCUT2D eigenvalue weighted by atomic mass is 16.8. The average molecular weight is 611 g/mol. The lowest BCUT2D eigenvalue weighted by Crippen LogP contribution is -2.55. The number of aromatic nitrogens is 1. The van der Waals surface area contributed by atoms with Crippen molar-refractivity contribution in [3.63, 3.8) is 0 Å². The largest absolute Gasteiger partial charge is 0.377 e. The van der Waals surface area contributed by atoms with Crippen LogP contribution in [0.2, 0.25) is 0 Å².